The Kier molecular flexibility index (Phi) is 3.07. The van der Waals surface area contributed by atoms with Gasteiger partial charge in [-0.15, -0.1) is 0 Å². The SMILES string of the molecule is FC(F)(F)[Si]1(c2ccccc2)CCCCO1. The molecule has 1 fully saturated rings. The summed E-state index contributed by atoms with van der Waals surface area (Å²) in [5, 5.41) is 0.349. The smallest absolute Gasteiger partial charge is 0.393 e. The van der Waals surface area contributed by atoms with E-state index in [9.17, 15) is 13.2 Å². The number of hydrogen-bond donors (Lipinski definition) is 0. The highest BCUT2D eigenvalue weighted by Gasteiger charge is 2.61. The highest BCUT2D eigenvalue weighted by Crippen LogP contribution is 2.36. The van der Waals surface area contributed by atoms with Crippen LogP contribution in [0.15, 0.2) is 30.3 Å². The summed E-state index contributed by atoms with van der Waals surface area (Å²) < 4.78 is 44.9. The van der Waals surface area contributed by atoms with E-state index in [2.05, 4.69) is 0 Å². The lowest BCUT2D eigenvalue weighted by Gasteiger charge is -2.36. The van der Waals surface area contributed by atoms with Gasteiger partial charge in [-0.3, -0.25) is 0 Å². The maximum absolute atomic E-state index is 13.2. The normalized spacial score (nSPS) is 26.7. The molecule has 1 saturated heterocycles. The van der Waals surface area contributed by atoms with Crippen LogP contribution in [0.25, 0.3) is 0 Å². The van der Waals surface area contributed by atoms with Crippen LogP contribution in [0.5, 0.6) is 0 Å². The van der Waals surface area contributed by atoms with Crippen LogP contribution in [0.1, 0.15) is 12.8 Å². The van der Waals surface area contributed by atoms with Crippen molar-refractivity contribution in [1.82, 2.24) is 0 Å². The third-order valence-corrected chi connectivity index (χ3v) is 6.91. The Bertz CT molecular complexity index is 344. The van der Waals surface area contributed by atoms with E-state index in [4.69, 9.17) is 4.43 Å². The average molecular weight is 246 g/mol. The number of alkyl halides is 3. The third-order valence-electron chi connectivity index (χ3n) is 2.97. The topological polar surface area (TPSA) is 9.23 Å². The van der Waals surface area contributed by atoms with Gasteiger partial charge in [0.25, 0.3) is 0 Å². The number of halogens is 3. The van der Waals surface area contributed by atoms with Gasteiger partial charge >= 0.3 is 14.1 Å². The molecule has 0 aromatic heterocycles. The largest absolute Gasteiger partial charge is 0.405 e. The molecule has 1 aromatic rings. The van der Waals surface area contributed by atoms with E-state index in [1.54, 1.807) is 30.3 Å². The molecule has 0 N–H and O–H groups in total. The fraction of sp³-hybridized carbons (Fsp3) is 0.455. The summed E-state index contributed by atoms with van der Waals surface area (Å²) in [7, 11) is -3.76. The van der Waals surface area contributed by atoms with Crippen LogP contribution >= 0.6 is 0 Å². The van der Waals surface area contributed by atoms with Crippen molar-refractivity contribution in [2.75, 3.05) is 6.61 Å². The van der Waals surface area contributed by atoms with Crippen LogP contribution in [0.3, 0.4) is 0 Å². The first-order valence-corrected chi connectivity index (χ1v) is 7.44. The van der Waals surface area contributed by atoms with Crippen molar-refractivity contribution in [3.63, 3.8) is 0 Å². The van der Waals surface area contributed by atoms with E-state index in [0.29, 0.717) is 11.6 Å². The van der Waals surface area contributed by atoms with Gasteiger partial charge in [-0.1, -0.05) is 36.8 Å². The lowest BCUT2D eigenvalue weighted by atomic mass is 10.3. The number of rotatable bonds is 1. The molecule has 0 spiro atoms. The van der Waals surface area contributed by atoms with Crippen LogP contribution in [0.2, 0.25) is 6.04 Å². The van der Waals surface area contributed by atoms with Crippen molar-refractivity contribution >= 4 is 13.5 Å². The highest BCUT2D eigenvalue weighted by atomic mass is 28.4. The van der Waals surface area contributed by atoms with Gasteiger partial charge in [0.05, 0.1) is 0 Å². The first kappa shape index (κ1) is 11.7. The minimum absolute atomic E-state index is 0.153. The summed E-state index contributed by atoms with van der Waals surface area (Å²) in [4.78, 5) is 0. The third kappa shape index (κ3) is 1.89. The Balaban J connectivity index is 2.42. The fourth-order valence-corrected chi connectivity index (χ4v) is 5.46. The van der Waals surface area contributed by atoms with E-state index in [-0.39, 0.29) is 12.7 Å². The Morgan fingerprint density at radius 1 is 1.06 bits per heavy atom. The molecule has 0 aliphatic carbocycles. The summed E-state index contributed by atoms with van der Waals surface area (Å²) in [6.07, 6.45) is 1.35. The summed E-state index contributed by atoms with van der Waals surface area (Å²) in [6.45, 7) is 0.237. The van der Waals surface area contributed by atoms with Gasteiger partial charge in [-0.2, -0.15) is 13.2 Å². The molecule has 0 saturated carbocycles. The first-order chi connectivity index (χ1) is 7.56. The average Bonchev–Trinajstić information content (AvgIpc) is 2.30. The fourth-order valence-electron chi connectivity index (χ4n) is 2.12. The Labute approximate surface area is 93.4 Å². The van der Waals surface area contributed by atoms with E-state index in [1.807, 2.05) is 0 Å². The van der Waals surface area contributed by atoms with Gasteiger partial charge in [0.2, 0.25) is 0 Å². The van der Waals surface area contributed by atoms with Crippen molar-refractivity contribution < 1.29 is 17.6 Å². The Morgan fingerprint density at radius 2 is 1.75 bits per heavy atom. The van der Waals surface area contributed by atoms with Crippen molar-refractivity contribution in [3.8, 4) is 0 Å². The van der Waals surface area contributed by atoms with Crippen LogP contribution in [0, 0.1) is 0 Å². The molecular formula is C11H13F3OSi. The van der Waals surface area contributed by atoms with Gasteiger partial charge in [-0.05, 0) is 17.7 Å². The van der Waals surface area contributed by atoms with Crippen LogP contribution in [0.4, 0.5) is 13.2 Å². The summed E-state index contributed by atoms with van der Waals surface area (Å²) >= 11 is 0. The van der Waals surface area contributed by atoms with Crippen LogP contribution < -0.4 is 5.19 Å². The van der Waals surface area contributed by atoms with Crippen LogP contribution in [-0.2, 0) is 4.43 Å². The molecule has 88 valence electrons. The van der Waals surface area contributed by atoms with E-state index < -0.39 is 14.1 Å². The molecule has 1 aliphatic rings. The first-order valence-electron chi connectivity index (χ1n) is 5.32. The molecule has 5 heteroatoms. The Hall–Kier alpha value is -0.813. The van der Waals surface area contributed by atoms with Crippen molar-refractivity contribution in [3.05, 3.63) is 30.3 Å². The summed E-state index contributed by atoms with van der Waals surface area (Å²) in [5.41, 5.74) is 0. The van der Waals surface area contributed by atoms with Crippen LogP contribution in [-0.4, -0.2) is 20.7 Å². The minimum Gasteiger partial charge on any atom is -0.405 e. The molecule has 0 amide bonds. The molecule has 16 heavy (non-hydrogen) atoms. The second-order valence-electron chi connectivity index (χ2n) is 4.00. The summed E-state index contributed by atoms with van der Waals surface area (Å²) in [6, 6.07) is 8.27. The van der Waals surface area contributed by atoms with Gasteiger partial charge in [-0.25, -0.2) is 0 Å². The Morgan fingerprint density at radius 3 is 2.25 bits per heavy atom. The zero-order valence-electron chi connectivity index (χ0n) is 8.76. The van der Waals surface area contributed by atoms with E-state index in [0.717, 1.165) is 6.42 Å². The number of hydrogen-bond acceptors (Lipinski definition) is 1. The quantitative estimate of drug-likeness (QED) is 0.692. The van der Waals surface area contributed by atoms with Gasteiger partial charge in [0, 0.05) is 6.61 Å². The van der Waals surface area contributed by atoms with Gasteiger partial charge in [0.15, 0.2) is 0 Å². The van der Waals surface area contributed by atoms with Gasteiger partial charge < -0.3 is 4.43 Å². The van der Waals surface area contributed by atoms with Gasteiger partial charge in [0.1, 0.15) is 0 Å². The second-order valence-corrected chi connectivity index (χ2v) is 7.58. The molecule has 1 aliphatic heterocycles. The minimum atomic E-state index is -4.21. The molecule has 0 bridgehead atoms. The molecular weight excluding hydrogens is 233 g/mol. The predicted octanol–water partition coefficient (Wildman–Crippen LogP) is 2.75. The summed E-state index contributed by atoms with van der Waals surface area (Å²) in [5.74, 6) is -4.21. The molecule has 1 nitrogen and oxygen atoms in total. The molecule has 0 radical (unpaired) electrons. The second kappa shape index (κ2) is 4.22. The maximum atomic E-state index is 13.2. The zero-order chi connectivity index (χ0) is 11.6. The molecule has 2 rings (SSSR count). The lowest BCUT2D eigenvalue weighted by Crippen LogP contribution is -2.63. The molecule has 1 atom stereocenters. The van der Waals surface area contributed by atoms with Crippen molar-refractivity contribution in [2.24, 2.45) is 0 Å². The number of benzene rings is 1. The molecule has 1 unspecified atom stereocenters. The molecule has 1 heterocycles. The highest BCUT2D eigenvalue weighted by molar-refractivity contribution is 6.88. The standard InChI is InChI=1S/C11H13F3OSi/c12-11(13,14)16(9-5-4-8-15-16)10-6-2-1-3-7-10/h1-3,6-7H,4-5,8-9H2. The monoisotopic (exact) mass is 246 g/mol. The van der Waals surface area contributed by atoms with E-state index in [1.165, 1.54) is 0 Å². The van der Waals surface area contributed by atoms with Crippen molar-refractivity contribution in [1.29, 1.82) is 0 Å². The lowest BCUT2D eigenvalue weighted by molar-refractivity contribution is -0.0742. The predicted molar refractivity (Wildman–Crippen MR) is 57.9 cm³/mol. The maximum Gasteiger partial charge on any atom is 0.393 e. The van der Waals surface area contributed by atoms with E-state index >= 15 is 0 Å². The molecule has 1 aromatic carbocycles. The van der Waals surface area contributed by atoms with Crippen molar-refractivity contribution in [2.45, 2.75) is 24.7 Å². The zero-order valence-corrected chi connectivity index (χ0v) is 9.76.